The molecule has 0 unspecified atom stereocenters. The van der Waals surface area contributed by atoms with Crippen LogP contribution in [0.3, 0.4) is 0 Å². The topological polar surface area (TPSA) is 73.9 Å². The molecule has 0 atom stereocenters. The van der Waals surface area contributed by atoms with Gasteiger partial charge in [-0.1, -0.05) is 12.1 Å². The van der Waals surface area contributed by atoms with Crippen molar-refractivity contribution in [2.45, 2.75) is 6.42 Å². The molecule has 0 saturated heterocycles. The third-order valence-corrected chi connectivity index (χ3v) is 4.31. The summed E-state index contributed by atoms with van der Waals surface area (Å²) in [7, 11) is 3.12. The third kappa shape index (κ3) is 5.77. The van der Waals surface area contributed by atoms with Gasteiger partial charge in [0.05, 0.1) is 19.8 Å². The number of hydrogen-bond acceptors (Lipinski definition) is 5. The SMILES string of the molecule is COc1ccc(CCNC(=O)COC(=O)c2cc(OC)ccc2Br)cc1. The summed E-state index contributed by atoms with van der Waals surface area (Å²) in [5.41, 5.74) is 1.37. The van der Waals surface area contributed by atoms with Gasteiger partial charge in [0, 0.05) is 11.0 Å². The fourth-order valence-corrected chi connectivity index (χ4v) is 2.59. The first-order valence-corrected chi connectivity index (χ1v) is 8.73. The average Bonchev–Trinajstić information content (AvgIpc) is 2.67. The molecule has 0 saturated carbocycles. The van der Waals surface area contributed by atoms with Crippen LogP contribution < -0.4 is 14.8 Å². The summed E-state index contributed by atoms with van der Waals surface area (Å²) in [5.74, 6) is 0.365. The van der Waals surface area contributed by atoms with Crippen LogP contribution >= 0.6 is 15.9 Å². The maximum atomic E-state index is 12.1. The molecule has 0 heterocycles. The number of carbonyl (C=O) groups excluding carboxylic acids is 2. The molecule has 0 fully saturated rings. The molecule has 0 aliphatic heterocycles. The van der Waals surface area contributed by atoms with Gasteiger partial charge in [-0.25, -0.2) is 4.79 Å². The Bertz CT molecular complexity index is 761. The minimum atomic E-state index is -0.596. The number of amides is 1. The van der Waals surface area contributed by atoms with Gasteiger partial charge in [0.1, 0.15) is 11.5 Å². The molecule has 6 nitrogen and oxygen atoms in total. The predicted molar refractivity (Wildman–Crippen MR) is 101 cm³/mol. The van der Waals surface area contributed by atoms with Crippen LogP contribution in [0.4, 0.5) is 0 Å². The summed E-state index contributed by atoms with van der Waals surface area (Å²) in [5, 5.41) is 2.72. The van der Waals surface area contributed by atoms with Gasteiger partial charge in [-0.15, -0.1) is 0 Å². The fraction of sp³-hybridized carbons (Fsp3) is 0.263. The zero-order chi connectivity index (χ0) is 18.9. The van der Waals surface area contributed by atoms with Gasteiger partial charge < -0.3 is 19.5 Å². The van der Waals surface area contributed by atoms with E-state index in [1.165, 1.54) is 7.11 Å². The standard InChI is InChI=1S/C19H20BrNO5/c1-24-14-5-3-13(4-6-14)9-10-21-18(22)12-26-19(23)16-11-15(25-2)7-8-17(16)20/h3-8,11H,9-10,12H2,1-2H3,(H,21,22). The van der Waals surface area contributed by atoms with Crippen LogP contribution in [0, 0.1) is 0 Å². The minimum Gasteiger partial charge on any atom is -0.497 e. The Morgan fingerprint density at radius 2 is 1.65 bits per heavy atom. The molecule has 0 bridgehead atoms. The van der Waals surface area contributed by atoms with Crippen LogP contribution in [0.2, 0.25) is 0 Å². The average molecular weight is 422 g/mol. The van der Waals surface area contributed by atoms with Crippen molar-refractivity contribution < 1.29 is 23.8 Å². The number of halogens is 1. The Hall–Kier alpha value is -2.54. The van der Waals surface area contributed by atoms with Gasteiger partial charge in [0.25, 0.3) is 5.91 Å². The highest BCUT2D eigenvalue weighted by atomic mass is 79.9. The molecule has 0 spiro atoms. The monoisotopic (exact) mass is 421 g/mol. The lowest BCUT2D eigenvalue weighted by Gasteiger charge is -2.09. The van der Waals surface area contributed by atoms with Crippen LogP contribution in [0.25, 0.3) is 0 Å². The second-order valence-corrected chi connectivity index (χ2v) is 6.22. The molecule has 2 rings (SSSR count). The second-order valence-electron chi connectivity index (χ2n) is 5.37. The summed E-state index contributed by atoms with van der Waals surface area (Å²) < 4.78 is 15.8. The minimum absolute atomic E-state index is 0.301. The maximum Gasteiger partial charge on any atom is 0.339 e. The summed E-state index contributed by atoms with van der Waals surface area (Å²) >= 11 is 3.28. The van der Waals surface area contributed by atoms with E-state index in [4.69, 9.17) is 14.2 Å². The van der Waals surface area contributed by atoms with E-state index in [0.717, 1.165) is 11.3 Å². The molecule has 0 radical (unpaired) electrons. The summed E-state index contributed by atoms with van der Waals surface area (Å²) in [6, 6.07) is 12.6. The Balaban J connectivity index is 1.76. The van der Waals surface area contributed by atoms with Crippen molar-refractivity contribution >= 4 is 27.8 Å². The highest BCUT2D eigenvalue weighted by molar-refractivity contribution is 9.10. The van der Waals surface area contributed by atoms with Gasteiger partial charge in [-0.05, 0) is 58.2 Å². The number of esters is 1. The Labute approximate surface area is 160 Å². The lowest BCUT2D eigenvalue weighted by molar-refractivity contribution is -0.124. The molecule has 2 aromatic rings. The molecular weight excluding hydrogens is 402 g/mol. The summed E-state index contributed by atoms with van der Waals surface area (Å²) in [4.78, 5) is 23.9. The Kier molecular flexibility index (Phi) is 7.47. The van der Waals surface area contributed by atoms with Gasteiger partial charge in [-0.2, -0.15) is 0 Å². The number of ether oxygens (including phenoxy) is 3. The van der Waals surface area contributed by atoms with Crippen molar-refractivity contribution in [3.05, 3.63) is 58.1 Å². The molecule has 1 amide bonds. The smallest absolute Gasteiger partial charge is 0.339 e. The molecule has 7 heteroatoms. The highest BCUT2D eigenvalue weighted by Crippen LogP contribution is 2.23. The molecule has 26 heavy (non-hydrogen) atoms. The van der Waals surface area contributed by atoms with E-state index in [1.807, 2.05) is 24.3 Å². The van der Waals surface area contributed by atoms with Crippen molar-refractivity contribution in [3.8, 4) is 11.5 Å². The molecule has 2 aromatic carbocycles. The van der Waals surface area contributed by atoms with Crippen molar-refractivity contribution in [2.75, 3.05) is 27.4 Å². The lowest BCUT2D eigenvalue weighted by Crippen LogP contribution is -2.30. The zero-order valence-corrected chi connectivity index (χ0v) is 16.2. The van der Waals surface area contributed by atoms with Gasteiger partial charge in [0.2, 0.25) is 0 Å². The highest BCUT2D eigenvalue weighted by Gasteiger charge is 2.14. The molecule has 138 valence electrons. The van der Waals surface area contributed by atoms with E-state index in [0.29, 0.717) is 28.8 Å². The van der Waals surface area contributed by atoms with E-state index in [9.17, 15) is 9.59 Å². The first kappa shape index (κ1) is 19.8. The zero-order valence-electron chi connectivity index (χ0n) is 14.6. The number of carbonyl (C=O) groups is 2. The van der Waals surface area contributed by atoms with E-state index in [1.54, 1.807) is 25.3 Å². The van der Waals surface area contributed by atoms with Gasteiger partial charge >= 0.3 is 5.97 Å². The molecule has 1 N–H and O–H groups in total. The lowest BCUT2D eigenvalue weighted by atomic mass is 10.1. The van der Waals surface area contributed by atoms with Crippen LogP contribution in [-0.2, 0) is 16.0 Å². The van der Waals surface area contributed by atoms with Crippen molar-refractivity contribution in [3.63, 3.8) is 0 Å². The van der Waals surface area contributed by atoms with E-state index >= 15 is 0 Å². The summed E-state index contributed by atoms with van der Waals surface area (Å²) in [6.45, 7) is 0.108. The van der Waals surface area contributed by atoms with Crippen molar-refractivity contribution in [2.24, 2.45) is 0 Å². The van der Waals surface area contributed by atoms with Crippen LogP contribution in [0.15, 0.2) is 46.9 Å². The van der Waals surface area contributed by atoms with Gasteiger partial charge in [-0.3, -0.25) is 4.79 Å². The number of methoxy groups -OCH3 is 2. The van der Waals surface area contributed by atoms with Crippen molar-refractivity contribution in [1.29, 1.82) is 0 Å². The van der Waals surface area contributed by atoms with E-state index in [2.05, 4.69) is 21.2 Å². The van der Waals surface area contributed by atoms with E-state index < -0.39 is 5.97 Å². The second kappa shape index (κ2) is 9.82. The van der Waals surface area contributed by atoms with Crippen molar-refractivity contribution in [1.82, 2.24) is 5.32 Å². The summed E-state index contributed by atoms with van der Waals surface area (Å²) in [6.07, 6.45) is 0.672. The van der Waals surface area contributed by atoms with Gasteiger partial charge in [0.15, 0.2) is 6.61 Å². The quantitative estimate of drug-likeness (QED) is 0.663. The first-order valence-electron chi connectivity index (χ1n) is 7.93. The normalized spacial score (nSPS) is 10.1. The Morgan fingerprint density at radius 3 is 2.31 bits per heavy atom. The molecule has 0 aromatic heterocycles. The molecule has 0 aliphatic rings. The first-order chi connectivity index (χ1) is 12.5. The predicted octanol–water partition coefficient (Wildman–Crippen LogP) is 2.98. The largest absolute Gasteiger partial charge is 0.497 e. The molecule has 0 aliphatic carbocycles. The number of hydrogen-bond donors (Lipinski definition) is 1. The third-order valence-electron chi connectivity index (χ3n) is 3.62. The maximum absolute atomic E-state index is 12.1. The van der Waals surface area contributed by atoms with Crippen LogP contribution in [-0.4, -0.2) is 39.2 Å². The molecular formula is C19H20BrNO5. The number of benzene rings is 2. The number of nitrogens with one attached hydrogen (secondary N) is 1. The Morgan fingerprint density at radius 1 is 1.00 bits per heavy atom. The van der Waals surface area contributed by atoms with Crippen LogP contribution in [0.1, 0.15) is 15.9 Å². The van der Waals surface area contributed by atoms with E-state index in [-0.39, 0.29) is 12.5 Å². The number of rotatable bonds is 8. The fourth-order valence-electron chi connectivity index (χ4n) is 2.19. The van der Waals surface area contributed by atoms with Crippen LogP contribution in [0.5, 0.6) is 11.5 Å².